The molecule has 2 fully saturated rings. The summed E-state index contributed by atoms with van der Waals surface area (Å²) < 4.78 is 14.0. The van der Waals surface area contributed by atoms with Crippen LogP contribution < -0.4 is 10.2 Å². The van der Waals surface area contributed by atoms with Crippen LogP contribution in [0.2, 0.25) is 5.02 Å². The minimum atomic E-state index is -0.301. The van der Waals surface area contributed by atoms with Gasteiger partial charge in [0, 0.05) is 30.1 Å². The highest BCUT2D eigenvalue weighted by Gasteiger charge is 2.34. The fraction of sp³-hybridized carbons (Fsp3) is 0.538. The normalized spacial score (nSPS) is 24.4. The lowest BCUT2D eigenvalue weighted by Crippen LogP contribution is -2.52. The summed E-state index contributed by atoms with van der Waals surface area (Å²) in [5, 5.41) is 4.04. The molecule has 0 bridgehead atoms. The van der Waals surface area contributed by atoms with Crippen molar-refractivity contribution in [2.45, 2.75) is 18.9 Å². The second-order valence-electron chi connectivity index (χ2n) is 5.06. The van der Waals surface area contributed by atoms with Gasteiger partial charge in [0.25, 0.3) is 0 Å². The standard InChI is InChI=1S/C13H15BrClFN2/c14-10-5-9(16)6-11(15)13(10)18-4-3-17-12(7-18)8-1-2-8/h5-6,8,12,17H,1-4,7H2. The lowest BCUT2D eigenvalue weighted by molar-refractivity contribution is 0.418. The monoisotopic (exact) mass is 332 g/mol. The molecule has 98 valence electrons. The number of anilines is 1. The first-order chi connectivity index (χ1) is 8.65. The first-order valence-corrected chi connectivity index (χ1v) is 7.45. The highest BCUT2D eigenvalue weighted by atomic mass is 79.9. The van der Waals surface area contributed by atoms with Crippen LogP contribution in [0.15, 0.2) is 16.6 Å². The Hall–Kier alpha value is -0.320. The Morgan fingerprint density at radius 2 is 2.17 bits per heavy atom. The molecule has 1 atom stereocenters. The largest absolute Gasteiger partial charge is 0.367 e. The van der Waals surface area contributed by atoms with E-state index in [0.717, 1.165) is 35.7 Å². The van der Waals surface area contributed by atoms with Gasteiger partial charge in [-0.25, -0.2) is 4.39 Å². The Kier molecular flexibility index (Phi) is 3.52. The lowest BCUT2D eigenvalue weighted by Gasteiger charge is -2.36. The van der Waals surface area contributed by atoms with Gasteiger partial charge in [0.15, 0.2) is 0 Å². The summed E-state index contributed by atoms with van der Waals surface area (Å²) in [7, 11) is 0. The van der Waals surface area contributed by atoms with Crippen LogP contribution in [0.4, 0.5) is 10.1 Å². The average Bonchev–Trinajstić information content (AvgIpc) is 3.11. The molecule has 1 unspecified atom stereocenters. The van der Waals surface area contributed by atoms with E-state index in [1.807, 2.05) is 0 Å². The zero-order valence-corrected chi connectivity index (χ0v) is 12.3. The topological polar surface area (TPSA) is 15.3 Å². The van der Waals surface area contributed by atoms with Gasteiger partial charge in [-0.3, -0.25) is 0 Å². The fourth-order valence-electron chi connectivity index (χ4n) is 2.63. The van der Waals surface area contributed by atoms with Crippen LogP contribution in [0.5, 0.6) is 0 Å². The van der Waals surface area contributed by atoms with Crippen LogP contribution in [-0.2, 0) is 0 Å². The molecule has 5 heteroatoms. The van der Waals surface area contributed by atoms with E-state index >= 15 is 0 Å². The van der Waals surface area contributed by atoms with Crippen molar-refractivity contribution >= 4 is 33.2 Å². The van der Waals surface area contributed by atoms with Crippen LogP contribution in [0.3, 0.4) is 0 Å². The highest BCUT2D eigenvalue weighted by molar-refractivity contribution is 9.10. The van der Waals surface area contributed by atoms with Crippen molar-refractivity contribution in [1.82, 2.24) is 5.32 Å². The predicted octanol–water partition coefficient (Wildman–Crippen LogP) is 3.43. The Labute approximate surface area is 120 Å². The van der Waals surface area contributed by atoms with Gasteiger partial charge in [0.05, 0.1) is 10.7 Å². The van der Waals surface area contributed by atoms with Crippen molar-refractivity contribution in [2.75, 3.05) is 24.5 Å². The van der Waals surface area contributed by atoms with Crippen molar-refractivity contribution in [3.63, 3.8) is 0 Å². The van der Waals surface area contributed by atoms with Crippen molar-refractivity contribution in [1.29, 1.82) is 0 Å². The van der Waals surface area contributed by atoms with Gasteiger partial charge < -0.3 is 10.2 Å². The third-order valence-electron chi connectivity index (χ3n) is 3.69. The van der Waals surface area contributed by atoms with Crippen molar-refractivity contribution in [3.05, 3.63) is 27.4 Å². The Morgan fingerprint density at radius 1 is 1.39 bits per heavy atom. The fourth-order valence-corrected chi connectivity index (χ4v) is 3.76. The van der Waals surface area contributed by atoms with Gasteiger partial charge >= 0.3 is 0 Å². The molecule has 1 saturated heterocycles. The molecule has 0 radical (unpaired) electrons. The van der Waals surface area contributed by atoms with E-state index in [9.17, 15) is 4.39 Å². The second kappa shape index (κ2) is 4.99. The van der Waals surface area contributed by atoms with E-state index in [0.29, 0.717) is 11.1 Å². The maximum atomic E-state index is 13.2. The number of nitrogens with one attached hydrogen (secondary N) is 1. The second-order valence-corrected chi connectivity index (χ2v) is 6.32. The number of nitrogens with zero attached hydrogens (tertiary/aromatic N) is 1. The molecule has 0 amide bonds. The van der Waals surface area contributed by atoms with E-state index < -0.39 is 0 Å². The summed E-state index contributed by atoms with van der Waals surface area (Å²) in [4.78, 5) is 2.26. The van der Waals surface area contributed by atoms with Crippen molar-refractivity contribution in [2.24, 2.45) is 5.92 Å². The molecule has 3 rings (SSSR count). The number of hydrogen-bond donors (Lipinski definition) is 1. The Morgan fingerprint density at radius 3 is 2.83 bits per heavy atom. The van der Waals surface area contributed by atoms with E-state index in [2.05, 4.69) is 26.1 Å². The summed E-state index contributed by atoms with van der Waals surface area (Å²) in [6, 6.07) is 3.41. The Bertz CT molecular complexity index is 441. The molecule has 1 aromatic carbocycles. The average molecular weight is 334 g/mol. The molecule has 1 N–H and O–H groups in total. The molecule has 2 nitrogen and oxygen atoms in total. The molecule has 0 spiro atoms. The summed E-state index contributed by atoms with van der Waals surface area (Å²) in [6.45, 7) is 2.82. The zero-order chi connectivity index (χ0) is 12.7. The lowest BCUT2D eigenvalue weighted by atomic mass is 10.1. The molecule has 18 heavy (non-hydrogen) atoms. The van der Waals surface area contributed by atoms with Crippen LogP contribution in [0.1, 0.15) is 12.8 Å². The molecule has 1 heterocycles. The maximum absolute atomic E-state index is 13.2. The van der Waals surface area contributed by atoms with E-state index in [1.165, 1.54) is 25.0 Å². The van der Waals surface area contributed by atoms with Crippen LogP contribution in [0.25, 0.3) is 0 Å². The number of hydrogen-bond acceptors (Lipinski definition) is 2. The maximum Gasteiger partial charge on any atom is 0.125 e. The van der Waals surface area contributed by atoms with Gasteiger partial charge in [0.1, 0.15) is 5.82 Å². The third-order valence-corrected chi connectivity index (χ3v) is 4.59. The van der Waals surface area contributed by atoms with Crippen LogP contribution in [0, 0.1) is 11.7 Å². The van der Waals surface area contributed by atoms with E-state index in [1.54, 1.807) is 0 Å². The van der Waals surface area contributed by atoms with Crippen molar-refractivity contribution in [3.8, 4) is 0 Å². The molecular weight excluding hydrogens is 319 g/mol. The van der Waals surface area contributed by atoms with Crippen LogP contribution >= 0.6 is 27.5 Å². The molecule has 2 aliphatic rings. The Balaban J connectivity index is 1.85. The van der Waals surface area contributed by atoms with Gasteiger partial charge in [-0.15, -0.1) is 0 Å². The molecule has 1 saturated carbocycles. The summed E-state index contributed by atoms with van der Waals surface area (Å²) in [5.41, 5.74) is 0.921. The van der Waals surface area contributed by atoms with Crippen molar-refractivity contribution < 1.29 is 4.39 Å². The molecular formula is C13H15BrClFN2. The SMILES string of the molecule is Fc1cc(Cl)c(N2CCNC(C3CC3)C2)c(Br)c1. The number of piperazine rings is 1. The van der Waals surface area contributed by atoms with E-state index in [-0.39, 0.29) is 5.82 Å². The quantitative estimate of drug-likeness (QED) is 0.892. The highest BCUT2D eigenvalue weighted by Crippen LogP contribution is 2.38. The minimum Gasteiger partial charge on any atom is -0.367 e. The van der Waals surface area contributed by atoms with E-state index in [4.69, 9.17) is 11.6 Å². The van der Waals surface area contributed by atoms with Gasteiger partial charge in [-0.1, -0.05) is 11.6 Å². The zero-order valence-electron chi connectivity index (χ0n) is 9.93. The molecule has 1 aromatic rings. The first kappa shape index (κ1) is 12.7. The third kappa shape index (κ3) is 2.51. The number of benzene rings is 1. The molecule has 1 aliphatic heterocycles. The minimum absolute atomic E-state index is 0.301. The van der Waals surface area contributed by atoms with Gasteiger partial charge in [0.2, 0.25) is 0 Å². The first-order valence-electron chi connectivity index (χ1n) is 6.28. The molecule has 0 aromatic heterocycles. The number of rotatable bonds is 2. The summed E-state index contributed by atoms with van der Waals surface area (Å²) in [6.07, 6.45) is 2.65. The summed E-state index contributed by atoms with van der Waals surface area (Å²) >= 11 is 9.60. The smallest absolute Gasteiger partial charge is 0.125 e. The van der Waals surface area contributed by atoms with Gasteiger partial charge in [-0.2, -0.15) is 0 Å². The van der Waals surface area contributed by atoms with Gasteiger partial charge in [-0.05, 0) is 46.8 Å². The summed E-state index contributed by atoms with van der Waals surface area (Å²) in [5.74, 6) is 0.510. The molecule has 1 aliphatic carbocycles. The van der Waals surface area contributed by atoms with Crippen LogP contribution in [-0.4, -0.2) is 25.7 Å². The predicted molar refractivity (Wildman–Crippen MR) is 75.8 cm³/mol. The number of halogens is 3.